The second-order valence-electron chi connectivity index (χ2n) is 7.80. The molecule has 1 fully saturated rings. The number of carbonyl (C=O) groups excluding carboxylic acids is 1. The van der Waals surface area contributed by atoms with Gasteiger partial charge in [0.25, 0.3) is 0 Å². The molecule has 5 rings (SSSR count). The van der Waals surface area contributed by atoms with Crippen LogP contribution in [0.15, 0.2) is 46.8 Å². The molecule has 1 aromatic heterocycles. The number of carbonyl (C=O) groups is 1. The lowest BCUT2D eigenvalue weighted by atomic mass is 10.0. The van der Waals surface area contributed by atoms with Crippen molar-refractivity contribution in [3.05, 3.63) is 53.6 Å². The number of anilines is 2. The molecule has 0 spiro atoms. The first kappa shape index (κ1) is 21.1. The molecule has 2 aromatic carbocycles. The van der Waals surface area contributed by atoms with Crippen LogP contribution in [0.1, 0.15) is 30.0 Å². The summed E-state index contributed by atoms with van der Waals surface area (Å²) in [6, 6.07) is 14.2. The van der Waals surface area contributed by atoms with E-state index < -0.39 is 0 Å². The summed E-state index contributed by atoms with van der Waals surface area (Å²) >= 11 is 2.90. The predicted molar refractivity (Wildman–Crippen MR) is 126 cm³/mol. The quantitative estimate of drug-likeness (QED) is 0.520. The van der Waals surface area contributed by atoms with Crippen LogP contribution < -0.4 is 14.8 Å². The Balaban J connectivity index is 1.19. The number of ether oxygens (including phenoxy) is 2. The Bertz CT molecular complexity index is 1100. The molecular weight excluding hydrogens is 444 g/mol. The van der Waals surface area contributed by atoms with Crippen LogP contribution in [0.5, 0.6) is 11.5 Å². The Morgan fingerprint density at radius 3 is 2.81 bits per heavy atom. The van der Waals surface area contributed by atoms with Crippen molar-refractivity contribution in [1.29, 1.82) is 0 Å². The lowest BCUT2D eigenvalue weighted by molar-refractivity contribution is -0.129. The predicted octanol–water partition coefficient (Wildman–Crippen LogP) is 4.82. The van der Waals surface area contributed by atoms with Crippen molar-refractivity contribution in [1.82, 2.24) is 15.1 Å². The number of nitrogens with one attached hydrogen (secondary N) is 1. The molecule has 0 unspecified atom stereocenters. The molecule has 7 nitrogen and oxygen atoms in total. The van der Waals surface area contributed by atoms with Gasteiger partial charge in [-0.1, -0.05) is 46.9 Å². The molecule has 0 bridgehead atoms. The third-order valence-electron chi connectivity index (χ3n) is 5.55. The van der Waals surface area contributed by atoms with Crippen molar-refractivity contribution >= 4 is 39.8 Å². The van der Waals surface area contributed by atoms with Crippen molar-refractivity contribution in [2.45, 2.75) is 30.1 Å². The van der Waals surface area contributed by atoms with Gasteiger partial charge in [-0.25, -0.2) is 0 Å². The maximum atomic E-state index is 13.0. The zero-order chi connectivity index (χ0) is 21.9. The highest BCUT2D eigenvalue weighted by Crippen LogP contribution is 2.38. The van der Waals surface area contributed by atoms with Gasteiger partial charge in [0.15, 0.2) is 15.8 Å². The average Bonchev–Trinajstić information content (AvgIpc) is 3.48. The number of thioether (sulfide) groups is 1. The van der Waals surface area contributed by atoms with Gasteiger partial charge in [-0.2, -0.15) is 0 Å². The maximum absolute atomic E-state index is 13.0. The second kappa shape index (κ2) is 9.38. The van der Waals surface area contributed by atoms with E-state index >= 15 is 0 Å². The summed E-state index contributed by atoms with van der Waals surface area (Å²) in [6.45, 7) is 3.96. The molecule has 1 atom stereocenters. The first-order valence-electron chi connectivity index (χ1n) is 10.6. The van der Waals surface area contributed by atoms with E-state index in [-0.39, 0.29) is 11.9 Å². The van der Waals surface area contributed by atoms with Gasteiger partial charge >= 0.3 is 0 Å². The van der Waals surface area contributed by atoms with Gasteiger partial charge in [-0.15, -0.1) is 10.2 Å². The Hall–Kier alpha value is -2.78. The highest BCUT2D eigenvalue weighted by molar-refractivity contribution is 8.01. The summed E-state index contributed by atoms with van der Waals surface area (Å²) in [6.07, 6.45) is 1.96. The van der Waals surface area contributed by atoms with Crippen molar-refractivity contribution in [2.75, 3.05) is 30.8 Å². The monoisotopic (exact) mass is 468 g/mol. The van der Waals surface area contributed by atoms with Crippen molar-refractivity contribution in [2.24, 2.45) is 0 Å². The van der Waals surface area contributed by atoms with Gasteiger partial charge in [-0.05, 0) is 49.6 Å². The molecule has 166 valence electrons. The molecule has 0 radical (unpaired) electrons. The van der Waals surface area contributed by atoms with Gasteiger partial charge in [0.05, 0.1) is 11.8 Å². The van der Waals surface area contributed by atoms with Gasteiger partial charge in [-0.3, -0.25) is 4.79 Å². The topological polar surface area (TPSA) is 76.6 Å². The summed E-state index contributed by atoms with van der Waals surface area (Å²) in [5.41, 5.74) is 3.28. The lowest BCUT2D eigenvalue weighted by Crippen LogP contribution is -2.32. The van der Waals surface area contributed by atoms with Crippen LogP contribution in [-0.2, 0) is 4.79 Å². The van der Waals surface area contributed by atoms with Crippen LogP contribution in [0, 0.1) is 6.92 Å². The lowest BCUT2D eigenvalue weighted by Gasteiger charge is -2.26. The summed E-state index contributed by atoms with van der Waals surface area (Å²) in [7, 11) is 0. The number of amides is 1. The molecule has 2 aliphatic rings. The number of nitrogens with zero attached hydrogens (tertiary/aromatic N) is 3. The van der Waals surface area contributed by atoms with Crippen LogP contribution in [-0.4, -0.2) is 46.5 Å². The Kier molecular flexibility index (Phi) is 6.18. The zero-order valence-corrected chi connectivity index (χ0v) is 19.4. The van der Waals surface area contributed by atoms with Gasteiger partial charge in [0.2, 0.25) is 11.0 Å². The highest BCUT2D eigenvalue weighted by Gasteiger charge is 2.31. The van der Waals surface area contributed by atoms with E-state index in [1.807, 2.05) is 47.4 Å². The fraction of sp³-hybridized carbons (Fsp3) is 0.348. The molecule has 0 aliphatic carbocycles. The minimum absolute atomic E-state index is 0.0760. The van der Waals surface area contributed by atoms with E-state index in [4.69, 9.17) is 9.47 Å². The van der Waals surface area contributed by atoms with Crippen LogP contribution in [0.4, 0.5) is 10.8 Å². The van der Waals surface area contributed by atoms with Gasteiger partial charge in [0.1, 0.15) is 13.2 Å². The van der Waals surface area contributed by atoms with Crippen LogP contribution in [0.25, 0.3) is 0 Å². The number of fused-ring (bicyclic) bond motifs is 1. The molecule has 3 aromatic rings. The van der Waals surface area contributed by atoms with E-state index in [9.17, 15) is 4.79 Å². The molecule has 1 amide bonds. The largest absolute Gasteiger partial charge is 0.486 e. The van der Waals surface area contributed by atoms with Crippen molar-refractivity contribution < 1.29 is 14.3 Å². The summed E-state index contributed by atoms with van der Waals surface area (Å²) in [4.78, 5) is 15.0. The number of likely N-dealkylation sites (tertiary alicyclic amines) is 1. The fourth-order valence-corrected chi connectivity index (χ4v) is 5.62. The van der Waals surface area contributed by atoms with E-state index in [1.165, 1.54) is 28.7 Å². The SMILES string of the molecule is Cc1ccc(Nc2nnc(SCC(=O)N3CCC[C@@H]3c3ccc4c(c3)OCCO4)s2)cc1. The van der Waals surface area contributed by atoms with Crippen LogP contribution in [0.2, 0.25) is 0 Å². The molecule has 1 N–H and O–H groups in total. The minimum Gasteiger partial charge on any atom is -0.486 e. The zero-order valence-electron chi connectivity index (χ0n) is 17.7. The third-order valence-corrected chi connectivity index (χ3v) is 7.51. The van der Waals surface area contributed by atoms with E-state index in [0.29, 0.717) is 19.0 Å². The normalized spacial score (nSPS) is 17.4. The molecule has 2 aliphatic heterocycles. The van der Waals surface area contributed by atoms with Crippen LogP contribution in [0.3, 0.4) is 0 Å². The molecule has 3 heterocycles. The molecular formula is C23H24N4O3S2. The number of aromatic nitrogens is 2. The minimum atomic E-state index is 0.0760. The number of hydrogen-bond donors (Lipinski definition) is 1. The van der Waals surface area contributed by atoms with E-state index in [1.54, 1.807) is 0 Å². The van der Waals surface area contributed by atoms with Gasteiger partial charge < -0.3 is 19.7 Å². The average molecular weight is 469 g/mol. The van der Waals surface area contributed by atoms with Crippen molar-refractivity contribution in [3.63, 3.8) is 0 Å². The fourth-order valence-electron chi connectivity index (χ4n) is 3.96. The Morgan fingerprint density at radius 2 is 1.97 bits per heavy atom. The molecule has 0 saturated carbocycles. The standard InChI is InChI=1S/C23H24N4O3S2/c1-15-4-7-17(8-5-15)24-22-25-26-23(32-22)31-14-21(28)27-10-2-3-18(27)16-6-9-19-20(13-16)30-12-11-29-19/h4-9,13,18H,2-3,10-12,14H2,1H3,(H,24,25)/t18-/m1/s1. The molecule has 9 heteroatoms. The maximum Gasteiger partial charge on any atom is 0.233 e. The number of hydrogen-bond acceptors (Lipinski definition) is 8. The van der Waals surface area contributed by atoms with Crippen LogP contribution >= 0.6 is 23.1 Å². The summed E-state index contributed by atoms with van der Waals surface area (Å²) in [5, 5.41) is 12.4. The smallest absolute Gasteiger partial charge is 0.233 e. The molecule has 1 saturated heterocycles. The van der Waals surface area contributed by atoms with E-state index in [2.05, 4.69) is 22.4 Å². The molecule has 32 heavy (non-hydrogen) atoms. The third kappa shape index (κ3) is 4.68. The second-order valence-corrected chi connectivity index (χ2v) is 10.0. The summed E-state index contributed by atoms with van der Waals surface area (Å²) in [5.74, 6) is 2.01. The number of aryl methyl sites for hydroxylation is 1. The van der Waals surface area contributed by atoms with E-state index in [0.717, 1.165) is 51.6 Å². The summed E-state index contributed by atoms with van der Waals surface area (Å²) < 4.78 is 12.1. The first-order valence-corrected chi connectivity index (χ1v) is 12.4. The van der Waals surface area contributed by atoms with Crippen molar-refractivity contribution in [3.8, 4) is 11.5 Å². The number of rotatable bonds is 6. The number of benzene rings is 2. The first-order chi connectivity index (χ1) is 15.7. The van der Waals surface area contributed by atoms with Gasteiger partial charge in [0, 0.05) is 12.2 Å². The Labute approximate surface area is 195 Å². The Morgan fingerprint density at radius 1 is 1.16 bits per heavy atom. The highest BCUT2D eigenvalue weighted by atomic mass is 32.2.